The Bertz CT molecular complexity index is 868. The Morgan fingerprint density at radius 2 is 2.24 bits per heavy atom. The first-order chi connectivity index (χ1) is 11.8. The van der Waals surface area contributed by atoms with Crippen molar-refractivity contribution in [2.75, 3.05) is 11.1 Å². The van der Waals surface area contributed by atoms with E-state index in [0.29, 0.717) is 28.5 Å². The van der Waals surface area contributed by atoms with Crippen molar-refractivity contribution in [2.24, 2.45) is 17.8 Å². The third-order valence-corrected chi connectivity index (χ3v) is 5.06. The van der Waals surface area contributed by atoms with Gasteiger partial charge in [0, 0.05) is 30.1 Å². The molecular weight excluding hydrogens is 365 g/mol. The fourth-order valence-electron chi connectivity index (χ4n) is 2.74. The number of thioether (sulfide) groups is 1. The Morgan fingerprint density at radius 1 is 1.48 bits per heavy atom. The monoisotopic (exact) mass is 381 g/mol. The average Bonchev–Trinajstić information content (AvgIpc) is 2.87. The van der Waals surface area contributed by atoms with Gasteiger partial charge in [0.25, 0.3) is 5.91 Å². The summed E-state index contributed by atoms with van der Waals surface area (Å²) in [6.07, 6.45) is 0.657. The van der Waals surface area contributed by atoms with E-state index in [1.807, 2.05) is 6.92 Å². The van der Waals surface area contributed by atoms with Crippen LogP contribution in [0.25, 0.3) is 0 Å². The molecule has 3 N–H and O–H groups in total. The van der Waals surface area contributed by atoms with Gasteiger partial charge in [0.1, 0.15) is 11.5 Å². The van der Waals surface area contributed by atoms with Crippen LogP contribution in [0.15, 0.2) is 29.3 Å². The molecule has 0 fully saturated rings. The van der Waals surface area contributed by atoms with Crippen molar-refractivity contribution in [3.05, 3.63) is 46.5 Å². The summed E-state index contributed by atoms with van der Waals surface area (Å²) in [5.41, 5.74) is 6.22. The van der Waals surface area contributed by atoms with Crippen molar-refractivity contribution in [1.29, 1.82) is 0 Å². The number of aromatic nitrogens is 2. The van der Waals surface area contributed by atoms with E-state index in [-0.39, 0.29) is 16.9 Å². The van der Waals surface area contributed by atoms with Crippen LogP contribution in [0.4, 0.5) is 10.1 Å². The zero-order valence-electron chi connectivity index (χ0n) is 13.7. The lowest BCUT2D eigenvalue weighted by Gasteiger charge is -2.30. The maximum Gasteiger partial charge on any atom is 0.273 e. The molecule has 1 amide bonds. The topological polar surface area (TPSA) is 85.3 Å². The smallest absolute Gasteiger partial charge is 0.273 e. The minimum absolute atomic E-state index is 0.226. The maximum atomic E-state index is 14.4. The van der Waals surface area contributed by atoms with Crippen molar-refractivity contribution in [1.82, 2.24) is 9.78 Å². The SMILES string of the molecule is Cn1nc(Cl)cc1C(=O)Nc1ccc(F)c(C2(C)CCSC(N)=N2)c1. The highest BCUT2D eigenvalue weighted by molar-refractivity contribution is 8.13. The fraction of sp³-hybridized carbons (Fsp3) is 0.312. The van der Waals surface area contributed by atoms with E-state index in [1.165, 1.54) is 34.6 Å². The number of aryl methyl sites for hydroxylation is 1. The molecule has 0 bridgehead atoms. The minimum Gasteiger partial charge on any atom is -0.379 e. The number of nitrogens with two attached hydrogens (primary N) is 1. The summed E-state index contributed by atoms with van der Waals surface area (Å²) >= 11 is 7.25. The fourth-order valence-corrected chi connectivity index (χ4v) is 3.93. The highest BCUT2D eigenvalue weighted by Crippen LogP contribution is 2.37. The molecule has 0 spiro atoms. The summed E-state index contributed by atoms with van der Waals surface area (Å²) in [6, 6.07) is 5.88. The number of aliphatic imine (C=N–C) groups is 1. The molecule has 0 aliphatic carbocycles. The normalized spacial score (nSPS) is 20.2. The molecule has 1 aromatic carbocycles. The quantitative estimate of drug-likeness (QED) is 0.855. The number of nitrogens with one attached hydrogen (secondary N) is 1. The molecule has 1 unspecified atom stereocenters. The van der Waals surface area contributed by atoms with Crippen molar-refractivity contribution in [2.45, 2.75) is 18.9 Å². The van der Waals surface area contributed by atoms with Crippen LogP contribution in [0, 0.1) is 5.82 Å². The number of carbonyl (C=O) groups excluding carboxylic acids is 1. The summed E-state index contributed by atoms with van der Waals surface area (Å²) in [5.74, 6) is -0.00518. The van der Waals surface area contributed by atoms with E-state index >= 15 is 0 Å². The van der Waals surface area contributed by atoms with E-state index in [4.69, 9.17) is 17.3 Å². The molecule has 0 saturated carbocycles. The summed E-state index contributed by atoms with van der Waals surface area (Å²) in [5, 5.41) is 7.33. The molecule has 1 aliphatic rings. The van der Waals surface area contributed by atoms with Crippen LogP contribution in [0.3, 0.4) is 0 Å². The van der Waals surface area contributed by atoms with Crippen LogP contribution in [-0.4, -0.2) is 26.6 Å². The third-order valence-electron chi connectivity index (χ3n) is 4.08. The van der Waals surface area contributed by atoms with Gasteiger partial charge in [-0.3, -0.25) is 14.5 Å². The Morgan fingerprint density at radius 3 is 2.88 bits per heavy atom. The number of amides is 1. The Kier molecular flexibility index (Phi) is 4.75. The summed E-state index contributed by atoms with van der Waals surface area (Å²) in [6.45, 7) is 1.84. The van der Waals surface area contributed by atoms with Crippen LogP contribution in [-0.2, 0) is 12.6 Å². The summed E-state index contributed by atoms with van der Waals surface area (Å²) < 4.78 is 15.8. The zero-order chi connectivity index (χ0) is 18.2. The number of hydrogen-bond donors (Lipinski definition) is 2. The number of amidine groups is 1. The van der Waals surface area contributed by atoms with E-state index in [1.54, 1.807) is 13.1 Å². The molecule has 3 rings (SSSR count). The second-order valence-corrected chi connectivity index (χ2v) is 7.45. The molecule has 0 saturated heterocycles. The van der Waals surface area contributed by atoms with E-state index in [9.17, 15) is 9.18 Å². The lowest BCUT2D eigenvalue weighted by Crippen LogP contribution is -2.30. The standard InChI is InChI=1S/C16H17ClFN5OS/c1-16(5-6-25-15(19)21-16)10-7-9(3-4-11(10)18)20-14(24)12-8-13(17)22-23(12)2/h3-4,7-8H,5-6H2,1-2H3,(H2,19,21)(H,20,24). The van der Waals surface area contributed by atoms with E-state index in [0.717, 1.165) is 5.75 Å². The largest absolute Gasteiger partial charge is 0.379 e. The highest BCUT2D eigenvalue weighted by Gasteiger charge is 2.32. The molecule has 132 valence electrons. The van der Waals surface area contributed by atoms with Gasteiger partial charge >= 0.3 is 0 Å². The Labute approximate surface area is 153 Å². The Balaban J connectivity index is 1.91. The van der Waals surface area contributed by atoms with Gasteiger partial charge in [-0.2, -0.15) is 5.10 Å². The molecule has 25 heavy (non-hydrogen) atoms. The number of halogens is 2. The molecular formula is C16H17ClFN5OS. The maximum absolute atomic E-state index is 14.4. The lowest BCUT2D eigenvalue weighted by atomic mass is 9.89. The second kappa shape index (κ2) is 6.68. The lowest BCUT2D eigenvalue weighted by molar-refractivity contribution is 0.101. The molecule has 2 aromatic rings. The first-order valence-electron chi connectivity index (χ1n) is 7.57. The number of anilines is 1. The van der Waals surface area contributed by atoms with Crippen molar-refractivity contribution < 1.29 is 9.18 Å². The zero-order valence-corrected chi connectivity index (χ0v) is 15.3. The van der Waals surface area contributed by atoms with Gasteiger partial charge in [-0.05, 0) is 31.5 Å². The van der Waals surface area contributed by atoms with Gasteiger partial charge < -0.3 is 11.1 Å². The van der Waals surface area contributed by atoms with Crippen LogP contribution < -0.4 is 11.1 Å². The second-order valence-electron chi connectivity index (χ2n) is 5.95. The van der Waals surface area contributed by atoms with Gasteiger partial charge in [0.15, 0.2) is 10.3 Å². The number of rotatable bonds is 3. The summed E-state index contributed by atoms with van der Waals surface area (Å²) in [4.78, 5) is 16.8. The predicted molar refractivity (Wildman–Crippen MR) is 98.6 cm³/mol. The van der Waals surface area contributed by atoms with E-state index < -0.39 is 5.54 Å². The molecule has 2 heterocycles. The molecule has 1 aliphatic heterocycles. The number of hydrogen-bond acceptors (Lipinski definition) is 5. The van der Waals surface area contributed by atoms with Gasteiger partial charge in [-0.1, -0.05) is 23.4 Å². The predicted octanol–water partition coefficient (Wildman–Crippen LogP) is 3.13. The third kappa shape index (κ3) is 3.64. The first-order valence-corrected chi connectivity index (χ1v) is 8.94. The Hall–Kier alpha value is -2.06. The van der Waals surface area contributed by atoms with Crippen LogP contribution in [0.5, 0.6) is 0 Å². The molecule has 1 atom stereocenters. The molecule has 0 radical (unpaired) electrons. The van der Waals surface area contributed by atoms with Crippen LogP contribution in [0.2, 0.25) is 5.15 Å². The molecule has 6 nitrogen and oxygen atoms in total. The van der Waals surface area contributed by atoms with Crippen molar-refractivity contribution in [3.63, 3.8) is 0 Å². The first kappa shape index (κ1) is 17.8. The average molecular weight is 382 g/mol. The molecule has 1 aromatic heterocycles. The highest BCUT2D eigenvalue weighted by atomic mass is 35.5. The van der Waals surface area contributed by atoms with Gasteiger partial charge in [0.05, 0.1) is 5.54 Å². The van der Waals surface area contributed by atoms with Gasteiger partial charge in [0.2, 0.25) is 0 Å². The van der Waals surface area contributed by atoms with E-state index in [2.05, 4.69) is 15.4 Å². The van der Waals surface area contributed by atoms with Crippen molar-refractivity contribution >= 4 is 40.1 Å². The number of benzene rings is 1. The van der Waals surface area contributed by atoms with Crippen LogP contribution >= 0.6 is 23.4 Å². The van der Waals surface area contributed by atoms with Gasteiger partial charge in [-0.25, -0.2) is 4.39 Å². The van der Waals surface area contributed by atoms with Gasteiger partial charge in [-0.15, -0.1) is 0 Å². The summed E-state index contributed by atoms with van der Waals surface area (Å²) in [7, 11) is 1.62. The number of nitrogens with zero attached hydrogens (tertiary/aromatic N) is 3. The number of carbonyl (C=O) groups is 1. The molecule has 9 heteroatoms. The minimum atomic E-state index is -0.754. The van der Waals surface area contributed by atoms with Crippen molar-refractivity contribution in [3.8, 4) is 0 Å². The van der Waals surface area contributed by atoms with Crippen LogP contribution in [0.1, 0.15) is 29.4 Å².